The Bertz CT molecular complexity index is 760. The van der Waals surface area contributed by atoms with Crippen molar-refractivity contribution in [2.24, 2.45) is 11.5 Å². The molecule has 1 aliphatic rings. The first-order valence-electron chi connectivity index (χ1n) is 9.50. The molecule has 7 heteroatoms. The van der Waals surface area contributed by atoms with E-state index in [1.165, 1.54) is 24.3 Å². The van der Waals surface area contributed by atoms with Crippen molar-refractivity contribution in [2.45, 2.75) is 41.0 Å². The molecule has 1 amide bonds. The Morgan fingerprint density at radius 2 is 1.90 bits per heavy atom. The number of nitrogens with two attached hydrogens (primary N) is 2. The van der Waals surface area contributed by atoms with Crippen LogP contribution in [0.5, 0.6) is 0 Å². The Morgan fingerprint density at radius 3 is 2.34 bits per heavy atom. The molecule has 162 valence electrons. The highest BCUT2D eigenvalue weighted by molar-refractivity contribution is 5.99. The third kappa shape index (κ3) is 10.3. The number of pyridine rings is 1. The quantitative estimate of drug-likeness (QED) is 0.265. The van der Waals surface area contributed by atoms with Gasteiger partial charge in [-0.1, -0.05) is 16.7 Å². The molecule has 0 bridgehead atoms. The Kier molecular flexibility index (Phi) is 11.9. The molecule has 0 aromatic carbocycles. The summed E-state index contributed by atoms with van der Waals surface area (Å²) in [7, 11) is 1.50. The molecule has 1 aromatic rings. The van der Waals surface area contributed by atoms with Gasteiger partial charge in [-0.25, -0.2) is 4.98 Å². The first kappa shape index (κ1) is 26.1. The van der Waals surface area contributed by atoms with E-state index in [9.17, 15) is 4.79 Å². The van der Waals surface area contributed by atoms with Crippen LogP contribution in [-0.2, 0) is 4.79 Å². The van der Waals surface area contributed by atoms with Gasteiger partial charge >= 0.3 is 0 Å². The molecule has 0 atom stereocenters. The summed E-state index contributed by atoms with van der Waals surface area (Å²) in [6.07, 6.45) is 4.17. The second kappa shape index (κ2) is 13.3. The summed E-state index contributed by atoms with van der Waals surface area (Å²) in [6, 6.07) is 3.73. The Labute approximate surface area is 176 Å². The van der Waals surface area contributed by atoms with Crippen LogP contribution in [0.4, 0.5) is 5.82 Å². The van der Waals surface area contributed by atoms with E-state index in [2.05, 4.69) is 29.5 Å². The Hall–Kier alpha value is -2.93. The van der Waals surface area contributed by atoms with Crippen molar-refractivity contribution >= 4 is 23.3 Å². The number of nitrogens with one attached hydrogen (secondary N) is 2. The molecule has 0 unspecified atom stereocenters. The van der Waals surface area contributed by atoms with Crippen LogP contribution < -0.4 is 16.8 Å². The maximum Gasteiger partial charge on any atom is 0.249 e. The first-order chi connectivity index (χ1) is 13.6. The number of nitrogens with zero attached hydrogens (tertiary/aromatic N) is 2. The zero-order valence-corrected chi connectivity index (χ0v) is 18.6. The van der Waals surface area contributed by atoms with Gasteiger partial charge in [-0.2, -0.15) is 0 Å². The van der Waals surface area contributed by atoms with E-state index >= 15 is 0 Å². The summed E-state index contributed by atoms with van der Waals surface area (Å²) in [5.41, 5.74) is 15.6. The maximum absolute atomic E-state index is 11.7. The summed E-state index contributed by atoms with van der Waals surface area (Å²) in [6.45, 7) is 14.7. The van der Waals surface area contributed by atoms with Gasteiger partial charge in [-0.15, -0.1) is 6.58 Å². The van der Waals surface area contributed by atoms with Gasteiger partial charge in [0.2, 0.25) is 5.91 Å². The number of carbonyl (C=O) groups excluding carboxylic acids is 1. The van der Waals surface area contributed by atoms with Crippen LogP contribution in [0.3, 0.4) is 0 Å². The molecule has 1 aromatic heterocycles. The van der Waals surface area contributed by atoms with E-state index in [0.717, 1.165) is 29.7 Å². The average Bonchev–Trinajstić information content (AvgIpc) is 2.63. The summed E-state index contributed by atoms with van der Waals surface area (Å²) in [5.74, 6) is 0.434. The van der Waals surface area contributed by atoms with Crippen molar-refractivity contribution in [1.82, 2.24) is 9.88 Å². The van der Waals surface area contributed by atoms with Crippen LogP contribution in [0.25, 0.3) is 5.57 Å². The fourth-order valence-electron chi connectivity index (χ4n) is 2.47. The fraction of sp³-hybridized carbons (Fsp3) is 0.409. The van der Waals surface area contributed by atoms with E-state index in [1.807, 2.05) is 38.7 Å². The average molecular weight is 403 g/mol. The van der Waals surface area contributed by atoms with Crippen molar-refractivity contribution < 1.29 is 6.22 Å². The standard InChI is InChI=1S/C17H23N5O.C4H8.CH5N.H2/c1-11(2)8-16(23)21-15-5-4-13(9-20-15)14-10-22(17(18)19)7-6-12(14)3;1-4(2)3;1-2;/h4-5,8-9H,6-7,10H2,1-3H3,(H3,18,19)(H,20,21,23);1H2,2-3H3;2H2,1H3;1H. The van der Waals surface area contributed by atoms with E-state index < -0.39 is 0 Å². The molecule has 29 heavy (non-hydrogen) atoms. The van der Waals surface area contributed by atoms with E-state index in [4.69, 9.17) is 11.1 Å². The summed E-state index contributed by atoms with van der Waals surface area (Å²) >= 11 is 0. The zero-order valence-electron chi connectivity index (χ0n) is 18.6. The van der Waals surface area contributed by atoms with Crippen molar-refractivity contribution in [3.05, 3.63) is 53.3 Å². The Morgan fingerprint density at radius 1 is 1.31 bits per heavy atom. The predicted octanol–water partition coefficient (Wildman–Crippen LogP) is 3.76. The van der Waals surface area contributed by atoms with Crippen LogP contribution in [0.2, 0.25) is 0 Å². The molecule has 6 N–H and O–H groups in total. The summed E-state index contributed by atoms with van der Waals surface area (Å²) < 4.78 is 0. The van der Waals surface area contributed by atoms with Gasteiger partial charge in [-0.3, -0.25) is 10.2 Å². The molecule has 0 fully saturated rings. The van der Waals surface area contributed by atoms with E-state index in [1.54, 1.807) is 12.3 Å². The molecule has 0 aliphatic carbocycles. The lowest BCUT2D eigenvalue weighted by Gasteiger charge is -2.30. The SMILES string of the molecule is C=C(C)C.CC(C)=CC(=O)Nc1ccc(C2=C(C)CCN(C(=N)N)C2)cn1.CN.[HH]. The van der Waals surface area contributed by atoms with Gasteiger partial charge in [0.1, 0.15) is 5.82 Å². The number of carbonyl (C=O) groups is 1. The van der Waals surface area contributed by atoms with Gasteiger partial charge < -0.3 is 21.7 Å². The number of aromatic nitrogens is 1. The number of amides is 1. The van der Waals surface area contributed by atoms with Gasteiger partial charge in [0.25, 0.3) is 0 Å². The summed E-state index contributed by atoms with van der Waals surface area (Å²) in [5, 5.41) is 10.3. The van der Waals surface area contributed by atoms with Gasteiger partial charge in [0.05, 0.1) is 0 Å². The largest absolute Gasteiger partial charge is 0.370 e. The molecule has 0 saturated heterocycles. The molecular weight excluding hydrogens is 364 g/mol. The Balaban J connectivity index is 0. The minimum absolute atomic E-state index is 0. The third-order valence-corrected chi connectivity index (χ3v) is 3.74. The van der Waals surface area contributed by atoms with Crippen LogP contribution in [-0.4, -0.2) is 41.9 Å². The first-order valence-corrected chi connectivity index (χ1v) is 9.50. The second-order valence-corrected chi connectivity index (χ2v) is 7.17. The maximum atomic E-state index is 11.7. The van der Waals surface area contributed by atoms with Crippen molar-refractivity contribution in [3.63, 3.8) is 0 Å². The van der Waals surface area contributed by atoms with Crippen molar-refractivity contribution in [3.8, 4) is 0 Å². The normalized spacial score (nSPS) is 12.6. The highest BCUT2D eigenvalue weighted by Gasteiger charge is 2.18. The molecule has 1 aliphatic heterocycles. The molecule has 2 rings (SSSR count). The lowest BCUT2D eigenvalue weighted by Crippen LogP contribution is -2.40. The number of anilines is 1. The van der Waals surface area contributed by atoms with Gasteiger partial charge in [0, 0.05) is 26.8 Å². The van der Waals surface area contributed by atoms with E-state index in [-0.39, 0.29) is 13.3 Å². The highest BCUT2D eigenvalue weighted by atomic mass is 16.1. The fourth-order valence-corrected chi connectivity index (χ4v) is 2.47. The van der Waals surface area contributed by atoms with Crippen LogP contribution >= 0.6 is 0 Å². The lowest BCUT2D eigenvalue weighted by atomic mass is 9.96. The minimum Gasteiger partial charge on any atom is -0.370 e. The molecular formula is C22H38N6O. The molecule has 0 radical (unpaired) electrons. The topological polar surface area (TPSA) is 121 Å². The van der Waals surface area contributed by atoms with Crippen molar-refractivity contribution in [1.29, 1.82) is 5.41 Å². The summed E-state index contributed by atoms with van der Waals surface area (Å²) in [4.78, 5) is 17.8. The van der Waals surface area contributed by atoms with Crippen LogP contribution in [0, 0.1) is 5.41 Å². The third-order valence-electron chi connectivity index (χ3n) is 3.74. The predicted molar refractivity (Wildman–Crippen MR) is 126 cm³/mol. The minimum atomic E-state index is -0.180. The second-order valence-electron chi connectivity index (χ2n) is 7.17. The number of hydrogen-bond acceptors (Lipinski definition) is 4. The lowest BCUT2D eigenvalue weighted by molar-refractivity contribution is -0.112. The highest BCUT2D eigenvalue weighted by Crippen LogP contribution is 2.26. The van der Waals surface area contributed by atoms with Crippen LogP contribution in [0.1, 0.15) is 48.0 Å². The number of allylic oxidation sites excluding steroid dienone is 2. The number of guanidine groups is 1. The van der Waals surface area contributed by atoms with Gasteiger partial charge in [-0.05, 0) is 71.4 Å². The number of hydrogen-bond donors (Lipinski definition) is 4. The molecule has 0 saturated carbocycles. The smallest absolute Gasteiger partial charge is 0.249 e. The number of rotatable bonds is 3. The molecule has 7 nitrogen and oxygen atoms in total. The van der Waals surface area contributed by atoms with Gasteiger partial charge in [0.15, 0.2) is 5.96 Å². The monoisotopic (exact) mass is 402 g/mol. The molecule has 2 heterocycles. The zero-order chi connectivity index (χ0) is 22.6. The van der Waals surface area contributed by atoms with Crippen molar-refractivity contribution in [2.75, 3.05) is 25.5 Å². The molecule has 0 spiro atoms. The van der Waals surface area contributed by atoms with E-state index in [0.29, 0.717) is 12.4 Å². The van der Waals surface area contributed by atoms with Crippen LogP contribution in [0.15, 0.2) is 47.7 Å².